The van der Waals surface area contributed by atoms with Gasteiger partial charge in [0.2, 0.25) is 11.8 Å². The van der Waals surface area contributed by atoms with Crippen molar-refractivity contribution in [1.82, 2.24) is 19.7 Å². The number of ether oxygens (including phenoxy) is 3. The number of likely N-dealkylation sites (tertiary alicyclic amines) is 1. The van der Waals surface area contributed by atoms with Gasteiger partial charge in [0.1, 0.15) is 16.8 Å². The smallest absolute Gasteiger partial charge is 0.424 e. The highest BCUT2D eigenvalue weighted by Crippen LogP contribution is 2.35. The minimum absolute atomic E-state index is 0.113. The van der Waals surface area contributed by atoms with Gasteiger partial charge in [0.05, 0.1) is 22.9 Å². The minimum Gasteiger partial charge on any atom is -0.443 e. The molecule has 2 amide bonds. The molecule has 1 aliphatic heterocycles. The average molecular weight is 660 g/mol. The highest BCUT2D eigenvalue weighted by atomic mass is 16.6. The minimum atomic E-state index is -0.887. The van der Waals surface area contributed by atoms with Crippen LogP contribution in [0.1, 0.15) is 87.1 Å². The normalized spacial score (nSPS) is 15.8. The molecule has 12 heteroatoms. The van der Waals surface area contributed by atoms with Crippen LogP contribution in [-0.2, 0) is 14.2 Å². The molecule has 1 fully saturated rings. The molecule has 48 heavy (non-hydrogen) atoms. The van der Waals surface area contributed by atoms with Crippen molar-refractivity contribution in [3.8, 4) is 22.7 Å². The number of imide groups is 1. The fourth-order valence-corrected chi connectivity index (χ4v) is 5.45. The summed E-state index contributed by atoms with van der Waals surface area (Å²) in [6, 6.07) is 14.2. The van der Waals surface area contributed by atoms with Gasteiger partial charge in [-0.25, -0.2) is 19.0 Å². The highest BCUT2D eigenvalue weighted by Gasteiger charge is 2.34. The quantitative estimate of drug-likeness (QED) is 0.196. The van der Waals surface area contributed by atoms with E-state index in [1.54, 1.807) is 86.6 Å². The van der Waals surface area contributed by atoms with Gasteiger partial charge in [-0.1, -0.05) is 12.1 Å². The number of hydrogen-bond acceptors (Lipinski definition) is 10. The van der Waals surface area contributed by atoms with Crippen LogP contribution >= 0.6 is 0 Å². The molecule has 0 bridgehead atoms. The molecule has 0 saturated carbocycles. The molecule has 0 aliphatic carbocycles. The maximum atomic E-state index is 13.7. The molecular formula is C36H45N5O7. The van der Waals surface area contributed by atoms with Crippen molar-refractivity contribution < 1.29 is 33.0 Å². The van der Waals surface area contributed by atoms with E-state index in [1.807, 2.05) is 24.3 Å². The van der Waals surface area contributed by atoms with Crippen LogP contribution in [0.4, 0.5) is 20.1 Å². The van der Waals surface area contributed by atoms with Gasteiger partial charge in [0.15, 0.2) is 0 Å². The summed E-state index contributed by atoms with van der Waals surface area (Å²) in [5, 5.41) is 9.16. The molecular weight excluding hydrogens is 614 g/mol. The molecule has 0 N–H and O–H groups in total. The van der Waals surface area contributed by atoms with Crippen molar-refractivity contribution in [2.45, 2.75) is 98.0 Å². The summed E-state index contributed by atoms with van der Waals surface area (Å²) >= 11 is 0. The SMILES string of the molecule is CN1CCC[C@@H]1c1nnc(-c2ccc(-c3cc4cc(N(C(=O)OC(C)(C)C)C(=O)OC(C)(C)C)ccc4n3C(=O)OC(C)(C)C)cc2)o1. The number of carbonyl (C=O) groups is 3. The van der Waals surface area contributed by atoms with Crippen molar-refractivity contribution in [3.63, 3.8) is 0 Å². The Bertz CT molecular complexity index is 1790. The Morgan fingerprint density at radius 3 is 1.92 bits per heavy atom. The largest absolute Gasteiger partial charge is 0.443 e. The lowest BCUT2D eigenvalue weighted by Crippen LogP contribution is -2.43. The summed E-state index contributed by atoms with van der Waals surface area (Å²) in [7, 11) is 2.05. The van der Waals surface area contributed by atoms with Gasteiger partial charge in [0, 0.05) is 10.9 Å². The Morgan fingerprint density at radius 2 is 1.38 bits per heavy atom. The summed E-state index contributed by atoms with van der Waals surface area (Å²) in [6.45, 7) is 16.7. The van der Waals surface area contributed by atoms with E-state index in [4.69, 9.17) is 18.6 Å². The Labute approximate surface area is 280 Å². The molecule has 0 unspecified atom stereocenters. The first kappa shape index (κ1) is 34.6. The first-order valence-electron chi connectivity index (χ1n) is 16.1. The summed E-state index contributed by atoms with van der Waals surface area (Å²) in [4.78, 5) is 43.4. The number of carbonyl (C=O) groups excluding carboxylic acids is 3. The monoisotopic (exact) mass is 659 g/mol. The van der Waals surface area contributed by atoms with Crippen LogP contribution in [0.5, 0.6) is 0 Å². The number of nitrogens with zero attached hydrogens (tertiary/aromatic N) is 5. The zero-order chi connectivity index (χ0) is 35.2. The second-order valence-corrected chi connectivity index (χ2v) is 15.0. The van der Waals surface area contributed by atoms with Gasteiger partial charge in [-0.05, 0) is 131 Å². The molecule has 1 aliphatic rings. The Morgan fingerprint density at radius 1 is 0.792 bits per heavy atom. The summed E-state index contributed by atoms with van der Waals surface area (Å²) in [5.74, 6) is 1.01. The van der Waals surface area contributed by atoms with E-state index in [0.29, 0.717) is 33.9 Å². The predicted molar refractivity (Wildman–Crippen MR) is 182 cm³/mol. The third-order valence-electron chi connectivity index (χ3n) is 7.45. The summed E-state index contributed by atoms with van der Waals surface area (Å²) in [6.07, 6.45) is -0.297. The van der Waals surface area contributed by atoms with Crippen LogP contribution in [0.15, 0.2) is 52.9 Å². The lowest BCUT2D eigenvalue weighted by molar-refractivity contribution is 0.0428. The van der Waals surface area contributed by atoms with Gasteiger partial charge in [-0.2, -0.15) is 4.90 Å². The van der Waals surface area contributed by atoms with E-state index in [2.05, 4.69) is 22.1 Å². The maximum Gasteiger partial charge on any atom is 0.424 e. The third kappa shape index (κ3) is 7.87. The zero-order valence-corrected chi connectivity index (χ0v) is 29.4. The Kier molecular flexibility index (Phi) is 9.17. The third-order valence-corrected chi connectivity index (χ3v) is 7.45. The number of amides is 2. The number of fused-ring (bicyclic) bond motifs is 1. The van der Waals surface area contributed by atoms with Gasteiger partial charge in [0.25, 0.3) is 0 Å². The molecule has 1 saturated heterocycles. The topological polar surface area (TPSA) is 129 Å². The highest BCUT2D eigenvalue weighted by molar-refractivity contribution is 6.11. The van der Waals surface area contributed by atoms with E-state index in [-0.39, 0.29) is 11.7 Å². The van der Waals surface area contributed by atoms with E-state index in [9.17, 15) is 14.4 Å². The second kappa shape index (κ2) is 12.7. The predicted octanol–water partition coefficient (Wildman–Crippen LogP) is 8.58. The number of hydrogen-bond donors (Lipinski definition) is 0. The van der Waals surface area contributed by atoms with Crippen LogP contribution in [0.3, 0.4) is 0 Å². The molecule has 1 atom stereocenters. The van der Waals surface area contributed by atoms with E-state index >= 15 is 0 Å². The van der Waals surface area contributed by atoms with Crippen molar-refractivity contribution >= 4 is 34.9 Å². The van der Waals surface area contributed by atoms with Crippen LogP contribution in [-0.4, -0.2) is 68.3 Å². The van der Waals surface area contributed by atoms with Gasteiger partial charge < -0.3 is 18.6 Å². The van der Waals surface area contributed by atoms with Crippen LogP contribution in [0.2, 0.25) is 0 Å². The first-order chi connectivity index (χ1) is 22.3. The van der Waals surface area contributed by atoms with Crippen LogP contribution in [0.25, 0.3) is 33.6 Å². The molecule has 256 valence electrons. The van der Waals surface area contributed by atoms with E-state index < -0.39 is 35.1 Å². The fourth-order valence-electron chi connectivity index (χ4n) is 5.45. The van der Waals surface area contributed by atoms with E-state index in [1.165, 1.54) is 4.57 Å². The number of benzene rings is 2. The van der Waals surface area contributed by atoms with Crippen molar-refractivity contribution in [2.75, 3.05) is 18.5 Å². The van der Waals surface area contributed by atoms with Gasteiger partial charge in [-0.3, -0.25) is 4.90 Å². The Hall–Kier alpha value is -4.71. The van der Waals surface area contributed by atoms with Crippen molar-refractivity contribution in [3.05, 3.63) is 54.4 Å². The van der Waals surface area contributed by atoms with Gasteiger partial charge in [-0.15, -0.1) is 10.2 Å². The number of rotatable bonds is 4. The standard InChI is InChI=1S/C36H45N5O7/c1-34(2,3)46-31(42)40(32(43)47-35(4,5)6)25-17-18-26-24(20-25)21-28(41(26)33(44)48-36(7,8)9)22-13-15-23(16-14-22)29-37-38-30(45-29)27-12-11-19-39(27)10/h13-18,20-21,27H,11-12,19H2,1-10H3/t27-/m1/s1. The van der Waals surface area contributed by atoms with E-state index in [0.717, 1.165) is 29.8 Å². The summed E-state index contributed by atoms with van der Waals surface area (Å²) < 4.78 is 24.4. The van der Waals surface area contributed by atoms with Crippen molar-refractivity contribution in [1.29, 1.82) is 0 Å². The Balaban J connectivity index is 1.56. The van der Waals surface area contributed by atoms with Crippen LogP contribution < -0.4 is 4.90 Å². The number of aromatic nitrogens is 3. The lowest BCUT2D eigenvalue weighted by Gasteiger charge is -2.28. The number of anilines is 1. The zero-order valence-electron chi connectivity index (χ0n) is 29.4. The molecule has 0 radical (unpaired) electrons. The summed E-state index contributed by atoms with van der Waals surface area (Å²) in [5.41, 5.74) is 0.244. The van der Waals surface area contributed by atoms with Crippen molar-refractivity contribution in [2.24, 2.45) is 0 Å². The lowest BCUT2D eigenvalue weighted by atomic mass is 10.1. The molecule has 2 aromatic carbocycles. The molecule has 5 rings (SSSR count). The molecule has 2 aromatic heterocycles. The molecule has 0 spiro atoms. The molecule has 12 nitrogen and oxygen atoms in total. The van der Waals surface area contributed by atoms with Gasteiger partial charge >= 0.3 is 18.3 Å². The first-order valence-corrected chi connectivity index (χ1v) is 16.1. The molecule has 3 heterocycles. The average Bonchev–Trinajstić information content (AvgIpc) is 3.68. The van der Waals surface area contributed by atoms with Crippen LogP contribution in [0, 0.1) is 0 Å². The molecule has 4 aromatic rings. The maximum absolute atomic E-state index is 13.7. The fraction of sp³-hybridized carbons (Fsp3) is 0.472. The second-order valence-electron chi connectivity index (χ2n) is 15.0.